The van der Waals surface area contributed by atoms with Crippen LogP contribution in [0, 0.1) is 17.3 Å². The summed E-state index contributed by atoms with van der Waals surface area (Å²) in [7, 11) is 2.28. The number of hydrogen-bond acceptors (Lipinski definition) is 2. The van der Waals surface area contributed by atoms with Gasteiger partial charge in [-0.3, -0.25) is 0 Å². The molecule has 1 N–H and O–H groups in total. The van der Waals surface area contributed by atoms with Gasteiger partial charge in [0.2, 0.25) is 0 Å². The molecule has 0 aromatic carbocycles. The third kappa shape index (κ3) is 8.65. The Kier molecular flexibility index (Phi) is 9.72. The van der Waals surface area contributed by atoms with E-state index in [0.29, 0.717) is 5.41 Å². The Bertz CT molecular complexity index is 207. The zero-order chi connectivity index (χ0) is 14.9. The third-order valence-corrected chi connectivity index (χ3v) is 4.25. The predicted molar refractivity (Wildman–Crippen MR) is 87.7 cm³/mol. The van der Waals surface area contributed by atoms with Crippen molar-refractivity contribution in [3.8, 4) is 0 Å². The standard InChI is InChI=1S/C17H38N2/c1-8-17(9-2,13-18-12-16(5)6)14-19(7)11-10-15(3)4/h15-16,18H,8-14H2,1-7H3. The molecule has 19 heavy (non-hydrogen) atoms. The first-order valence-corrected chi connectivity index (χ1v) is 8.24. The minimum Gasteiger partial charge on any atom is -0.316 e. The van der Waals surface area contributed by atoms with Crippen molar-refractivity contribution in [2.45, 2.75) is 60.8 Å². The Labute approximate surface area is 122 Å². The van der Waals surface area contributed by atoms with Crippen LogP contribution in [0.3, 0.4) is 0 Å². The lowest BCUT2D eigenvalue weighted by Crippen LogP contribution is -2.43. The van der Waals surface area contributed by atoms with E-state index in [2.05, 4.69) is 58.8 Å². The molecule has 0 aromatic rings. The van der Waals surface area contributed by atoms with Crippen LogP contribution in [0.15, 0.2) is 0 Å². The summed E-state index contributed by atoms with van der Waals surface area (Å²) in [4.78, 5) is 2.53. The first kappa shape index (κ1) is 18.9. The van der Waals surface area contributed by atoms with Gasteiger partial charge in [-0.1, -0.05) is 41.5 Å². The van der Waals surface area contributed by atoms with Crippen LogP contribution in [-0.4, -0.2) is 38.1 Å². The molecule has 0 spiro atoms. The molecule has 0 aliphatic rings. The maximum absolute atomic E-state index is 3.67. The second-order valence-electron chi connectivity index (χ2n) is 7.15. The minimum absolute atomic E-state index is 0.445. The monoisotopic (exact) mass is 270 g/mol. The van der Waals surface area contributed by atoms with Crippen molar-refractivity contribution in [2.24, 2.45) is 17.3 Å². The number of rotatable bonds is 11. The molecule has 0 aliphatic heterocycles. The molecule has 0 aliphatic carbocycles. The number of hydrogen-bond donors (Lipinski definition) is 1. The van der Waals surface area contributed by atoms with E-state index in [1.165, 1.54) is 32.4 Å². The topological polar surface area (TPSA) is 15.3 Å². The van der Waals surface area contributed by atoms with Gasteiger partial charge in [-0.25, -0.2) is 0 Å². The van der Waals surface area contributed by atoms with Gasteiger partial charge in [0.15, 0.2) is 0 Å². The Morgan fingerprint density at radius 2 is 1.58 bits per heavy atom. The van der Waals surface area contributed by atoms with Crippen LogP contribution in [0.5, 0.6) is 0 Å². The fourth-order valence-corrected chi connectivity index (χ4v) is 2.54. The van der Waals surface area contributed by atoms with Gasteiger partial charge in [-0.15, -0.1) is 0 Å². The summed E-state index contributed by atoms with van der Waals surface area (Å²) >= 11 is 0. The van der Waals surface area contributed by atoms with Crippen molar-refractivity contribution in [1.29, 1.82) is 0 Å². The normalized spacial score (nSPS) is 12.9. The summed E-state index contributed by atoms with van der Waals surface area (Å²) in [5.74, 6) is 1.55. The molecule has 0 radical (unpaired) electrons. The lowest BCUT2D eigenvalue weighted by atomic mass is 9.81. The second kappa shape index (κ2) is 9.77. The van der Waals surface area contributed by atoms with E-state index in [1.807, 2.05) is 0 Å². The largest absolute Gasteiger partial charge is 0.316 e. The molecule has 2 heteroatoms. The summed E-state index contributed by atoms with van der Waals surface area (Å²) < 4.78 is 0. The van der Waals surface area contributed by atoms with Crippen molar-refractivity contribution >= 4 is 0 Å². The lowest BCUT2D eigenvalue weighted by molar-refractivity contribution is 0.150. The molecule has 0 fully saturated rings. The smallest absolute Gasteiger partial charge is 0.00469 e. The summed E-state index contributed by atoms with van der Waals surface area (Å²) in [6, 6.07) is 0. The Morgan fingerprint density at radius 1 is 1.00 bits per heavy atom. The SMILES string of the molecule is CCC(CC)(CNCC(C)C)CN(C)CCC(C)C. The van der Waals surface area contributed by atoms with E-state index >= 15 is 0 Å². The Hall–Kier alpha value is -0.0800. The zero-order valence-electron chi connectivity index (χ0n) is 14.6. The fourth-order valence-electron chi connectivity index (χ4n) is 2.54. The van der Waals surface area contributed by atoms with Crippen LogP contribution in [-0.2, 0) is 0 Å². The van der Waals surface area contributed by atoms with E-state index in [1.54, 1.807) is 0 Å². The van der Waals surface area contributed by atoms with Gasteiger partial charge in [-0.05, 0) is 56.7 Å². The van der Waals surface area contributed by atoms with Gasteiger partial charge < -0.3 is 10.2 Å². The van der Waals surface area contributed by atoms with E-state index in [9.17, 15) is 0 Å². The number of nitrogens with zero attached hydrogens (tertiary/aromatic N) is 1. The maximum atomic E-state index is 3.67. The highest BCUT2D eigenvalue weighted by atomic mass is 15.1. The molecule has 2 nitrogen and oxygen atoms in total. The average Bonchev–Trinajstić information content (AvgIpc) is 2.34. The zero-order valence-corrected chi connectivity index (χ0v) is 14.6. The van der Waals surface area contributed by atoms with E-state index in [0.717, 1.165) is 24.9 Å². The molecule has 0 saturated carbocycles. The minimum atomic E-state index is 0.445. The van der Waals surface area contributed by atoms with Gasteiger partial charge in [0.05, 0.1) is 0 Å². The molecular formula is C17H38N2. The maximum Gasteiger partial charge on any atom is 0.00469 e. The van der Waals surface area contributed by atoms with E-state index in [4.69, 9.17) is 0 Å². The van der Waals surface area contributed by atoms with Crippen LogP contribution in [0.1, 0.15) is 60.8 Å². The summed E-state index contributed by atoms with van der Waals surface area (Å²) in [5.41, 5.74) is 0.445. The quantitative estimate of drug-likeness (QED) is 0.610. The Balaban J connectivity index is 4.27. The first-order valence-electron chi connectivity index (χ1n) is 8.24. The van der Waals surface area contributed by atoms with Crippen molar-refractivity contribution in [3.63, 3.8) is 0 Å². The molecule has 0 rings (SSSR count). The summed E-state index contributed by atoms with van der Waals surface area (Å²) in [5, 5.41) is 3.67. The van der Waals surface area contributed by atoms with Crippen molar-refractivity contribution in [1.82, 2.24) is 10.2 Å². The van der Waals surface area contributed by atoms with Gasteiger partial charge in [0.1, 0.15) is 0 Å². The van der Waals surface area contributed by atoms with Gasteiger partial charge in [0, 0.05) is 13.1 Å². The van der Waals surface area contributed by atoms with E-state index < -0.39 is 0 Å². The summed E-state index contributed by atoms with van der Waals surface area (Å²) in [6.45, 7) is 18.6. The molecule has 0 unspecified atom stereocenters. The molecule has 0 amide bonds. The van der Waals surface area contributed by atoms with Gasteiger partial charge in [0.25, 0.3) is 0 Å². The van der Waals surface area contributed by atoms with Crippen LogP contribution < -0.4 is 5.32 Å². The predicted octanol–water partition coefficient (Wildman–Crippen LogP) is 4.02. The highest BCUT2D eigenvalue weighted by Crippen LogP contribution is 2.26. The van der Waals surface area contributed by atoms with Crippen molar-refractivity contribution < 1.29 is 0 Å². The molecular weight excluding hydrogens is 232 g/mol. The van der Waals surface area contributed by atoms with Crippen molar-refractivity contribution in [2.75, 3.05) is 33.2 Å². The molecule has 0 bridgehead atoms. The second-order valence-corrected chi connectivity index (χ2v) is 7.15. The molecule has 0 heterocycles. The Morgan fingerprint density at radius 3 is 2.00 bits per heavy atom. The van der Waals surface area contributed by atoms with Crippen LogP contribution in [0.25, 0.3) is 0 Å². The van der Waals surface area contributed by atoms with Crippen LogP contribution in [0.2, 0.25) is 0 Å². The van der Waals surface area contributed by atoms with Crippen LogP contribution in [0.4, 0.5) is 0 Å². The third-order valence-electron chi connectivity index (χ3n) is 4.25. The fraction of sp³-hybridized carbons (Fsp3) is 1.00. The summed E-state index contributed by atoms with van der Waals surface area (Å²) in [6.07, 6.45) is 3.83. The first-order chi connectivity index (χ1) is 8.85. The average molecular weight is 271 g/mol. The molecule has 0 atom stereocenters. The van der Waals surface area contributed by atoms with Gasteiger partial charge in [-0.2, -0.15) is 0 Å². The highest BCUT2D eigenvalue weighted by molar-refractivity contribution is 4.82. The molecule has 0 saturated heterocycles. The van der Waals surface area contributed by atoms with Crippen LogP contribution >= 0.6 is 0 Å². The number of nitrogens with one attached hydrogen (secondary N) is 1. The van der Waals surface area contributed by atoms with Crippen molar-refractivity contribution in [3.05, 3.63) is 0 Å². The molecule has 0 aromatic heterocycles. The molecule has 116 valence electrons. The lowest BCUT2D eigenvalue weighted by Gasteiger charge is -2.36. The van der Waals surface area contributed by atoms with Gasteiger partial charge >= 0.3 is 0 Å². The highest BCUT2D eigenvalue weighted by Gasteiger charge is 2.27. The van der Waals surface area contributed by atoms with E-state index in [-0.39, 0.29) is 0 Å².